The van der Waals surface area contributed by atoms with Crippen molar-refractivity contribution >= 4 is 5.91 Å². The molecule has 4 heterocycles. The highest BCUT2D eigenvalue weighted by Gasteiger charge is 2.36. The minimum absolute atomic E-state index is 0.104. The molecule has 1 amide bonds. The molecule has 5 rings (SSSR count). The molecule has 1 aliphatic rings. The summed E-state index contributed by atoms with van der Waals surface area (Å²) in [7, 11) is 0. The number of pyridine rings is 1. The van der Waals surface area contributed by atoms with Crippen molar-refractivity contribution in [1.82, 2.24) is 35.0 Å². The van der Waals surface area contributed by atoms with Crippen LogP contribution < -0.4 is 0 Å². The second kappa shape index (κ2) is 7.75. The molecule has 4 aromatic rings. The minimum atomic E-state index is -0.281. The van der Waals surface area contributed by atoms with Gasteiger partial charge in [0.1, 0.15) is 11.7 Å². The maximum atomic E-state index is 13.6. The second-order valence-corrected chi connectivity index (χ2v) is 7.62. The normalized spacial score (nSPS) is 16.1. The number of likely N-dealkylation sites (tertiary alicyclic amines) is 1. The predicted molar refractivity (Wildman–Crippen MR) is 111 cm³/mol. The minimum Gasteiger partial charge on any atom is -0.337 e. The number of rotatable bonds is 4. The van der Waals surface area contributed by atoms with Gasteiger partial charge in [-0.15, -0.1) is 0 Å². The Morgan fingerprint density at radius 3 is 2.77 bits per heavy atom. The molecule has 0 bridgehead atoms. The highest BCUT2D eigenvalue weighted by atomic mass is 16.5. The number of carbonyl (C=O) groups is 1. The van der Waals surface area contributed by atoms with Gasteiger partial charge < -0.3 is 9.42 Å². The largest absolute Gasteiger partial charge is 0.337 e. The van der Waals surface area contributed by atoms with E-state index in [1.54, 1.807) is 23.5 Å². The van der Waals surface area contributed by atoms with Gasteiger partial charge in [-0.1, -0.05) is 22.9 Å². The average molecular weight is 415 g/mol. The van der Waals surface area contributed by atoms with Crippen molar-refractivity contribution < 1.29 is 9.32 Å². The van der Waals surface area contributed by atoms with E-state index in [-0.39, 0.29) is 11.9 Å². The molecule has 0 radical (unpaired) electrons. The highest BCUT2D eigenvalue weighted by molar-refractivity contribution is 5.98. The maximum Gasteiger partial charge on any atom is 0.256 e. The van der Waals surface area contributed by atoms with Crippen LogP contribution in [0.1, 0.15) is 46.3 Å². The van der Waals surface area contributed by atoms with Gasteiger partial charge in [-0.2, -0.15) is 20.0 Å². The van der Waals surface area contributed by atoms with E-state index >= 15 is 0 Å². The maximum absolute atomic E-state index is 13.6. The van der Waals surface area contributed by atoms with Crippen molar-refractivity contribution in [2.24, 2.45) is 0 Å². The van der Waals surface area contributed by atoms with Gasteiger partial charge in [0.25, 0.3) is 5.91 Å². The summed E-state index contributed by atoms with van der Waals surface area (Å²) in [6.45, 7) is 4.52. The summed E-state index contributed by atoms with van der Waals surface area (Å²) in [5, 5.41) is 12.5. The third kappa shape index (κ3) is 3.48. The number of benzene rings is 1. The number of hydrogen-bond donors (Lipinski definition) is 0. The van der Waals surface area contributed by atoms with E-state index in [0.717, 1.165) is 24.0 Å². The van der Waals surface area contributed by atoms with Gasteiger partial charge in [-0.05, 0) is 50.5 Å². The van der Waals surface area contributed by atoms with E-state index in [4.69, 9.17) is 4.52 Å². The molecule has 1 saturated heterocycles. The van der Waals surface area contributed by atoms with Gasteiger partial charge in [0.05, 0.1) is 23.6 Å². The fourth-order valence-corrected chi connectivity index (χ4v) is 3.94. The lowest BCUT2D eigenvalue weighted by Crippen LogP contribution is -2.31. The number of aryl methyl sites for hydroxylation is 2. The first kappa shape index (κ1) is 19.1. The molecule has 0 unspecified atom stereocenters. The van der Waals surface area contributed by atoms with Gasteiger partial charge >= 0.3 is 0 Å². The Hall–Kier alpha value is -3.88. The monoisotopic (exact) mass is 415 g/mol. The SMILES string of the molecule is Cc1ccc(-n2nccn2)c(C(=O)N2CCC[C@H]2c2nc(-c3ncccc3C)no2)c1. The molecule has 9 heteroatoms. The lowest BCUT2D eigenvalue weighted by atomic mass is 10.1. The summed E-state index contributed by atoms with van der Waals surface area (Å²) < 4.78 is 5.58. The molecule has 1 aromatic carbocycles. The van der Waals surface area contributed by atoms with Gasteiger partial charge in [-0.25, -0.2) is 0 Å². The van der Waals surface area contributed by atoms with Crippen LogP contribution >= 0.6 is 0 Å². The van der Waals surface area contributed by atoms with E-state index in [1.165, 1.54) is 4.80 Å². The molecule has 3 aromatic heterocycles. The molecular formula is C22H21N7O2. The fourth-order valence-electron chi connectivity index (χ4n) is 3.94. The molecule has 31 heavy (non-hydrogen) atoms. The molecule has 0 saturated carbocycles. The number of aromatic nitrogens is 6. The van der Waals surface area contributed by atoms with Crippen LogP contribution in [0.15, 0.2) is 53.4 Å². The van der Waals surface area contributed by atoms with Gasteiger partial charge in [0.15, 0.2) is 0 Å². The molecule has 156 valence electrons. The predicted octanol–water partition coefficient (Wildman–Crippen LogP) is 3.31. The first-order valence-corrected chi connectivity index (χ1v) is 10.2. The van der Waals surface area contributed by atoms with Crippen molar-refractivity contribution in [1.29, 1.82) is 0 Å². The van der Waals surface area contributed by atoms with E-state index in [2.05, 4.69) is 25.3 Å². The van der Waals surface area contributed by atoms with Gasteiger partial charge in [0.2, 0.25) is 11.7 Å². The fraction of sp³-hybridized carbons (Fsp3) is 0.273. The quantitative estimate of drug-likeness (QED) is 0.504. The van der Waals surface area contributed by atoms with Crippen molar-refractivity contribution in [2.45, 2.75) is 32.7 Å². The number of hydrogen-bond acceptors (Lipinski definition) is 7. The molecule has 9 nitrogen and oxygen atoms in total. The van der Waals surface area contributed by atoms with E-state index in [1.807, 2.05) is 44.2 Å². The van der Waals surface area contributed by atoms with Crippen molar-refractivity contribution in [3.8, 4) is 17.2 Å². The van der Waals surface area contributed by atoms with Crippen LogP contribution in [0.25, 0.3) is 17.2 Å². The number of amides is 1. The summed E-state index contributed by atoms with van der Waals surface area (Å²) in [6.07, 6.45) is 6.50. The third-order valence-electron chi connectivity index (χ3n) is 5.48. The summed E-state index contributed by atoms with van der Waals surface area (Å²) in [5.74, 6) is 0.758. The van der Waals surface area contributed by atoms with Crippen LogP contribution in [0.4, 0.5) is 0 Å². The Morgan fingerprint density at radius 1 is 1.13 bits per heavy atom. The van der Waals surface area contributed by atoms with Crippen molar-refractivity contribution in [3.63, 3.8) is 0 Å². The topological polar surface area (TPSA) is 103 Å². The van der Waals surface area contributed by atoms with Crippen LogP contribution in [0, 0.1) is 13.8 Å². The van der Waals surface area contributed by atoms with Crippen LogP contribution in [-0.2, 0) is 0 Å². The Labute approximate surface area is 178 Å². The van der Waals surface area contributed by atoms with Crippen molar-refractivity contribution in [3.05, 3.63) is 71.5 Å². The summed E-state index contributed by atoms with van der Waals surface area (Å²) in [4.78, 5) is 25.8. The lowest BCUT2D eigenvalue weighted by Gasteiger charge is -2.23. The van der Waals surface area contributed by atoms with Gasteiger partial charge in [0, 0.05) is 12.7 Å². The lowest BCUT2D eigenvalue weighted by molar-refractivity contribution is 0.0709. The zero-order valence-corrected chi connectivity index (χ0v) is 17.3. The number of carbonyl (C=O) groups excluding carboxylic acids is 1. The Bertz CT molecular complexity index is 1230. The van der Waals surface area contributed by atoms with Crippen LogP contribution in [-0.4, -0.2) is 47.5 Å². The summed E-state index contributed by atoms with van der Waals surface area (Å²) >= 11 is 0. The van der Waals surface area contributed by atoms with Crippen LogP contribution in [0.5, 0.6) is 0 Å². The zero-order valence-electron chi connectivity index (χ0n) is 17.3. The summed E-state index contributed by atoms with van der Waals surface area (Å²) in [6, 6.07) is 9.21. The van der Waals surface area contributed by atoms with E-state index in [9.17, 15) is 4.79 Å². The highest BCUT2D eigenvalue weighted by Crippen LogP contribution is 2.34. The zero-order chi connectivity index (χ0) is 21.4. The Kier molecular flexibility index (Phi) is 4.78. The molecular weight excluding hydrogens is 394 g/mol. The first-order valence-electron chi connectivity index (χ1n) is 10.2. The second-order valence-electron chi connectivity index (χ2n) is 7.62. The summed E-state index contributed by atoms with van der Waals surface area (Å²) in [5.41, 5.74) is 3.81. The first-order chi connectivity index (χ1) is 15.1. The average Bonchev–Trinajstić information content (AvgIpc) is 3.54. The van der Waals surface area contributed by atoms with E-state index < -0.39 is 0 Å². The van der Waals surface area contributed by atoms with Crippen LogP contribution in [0.2, 0.25) is 0 Å². The number of nitrogens with zero attached hydrogens (tertiary/aromatic N) is 7. The smallest absolute Gasteiger partial charge is 0.256 e. The van der Waals surface area contributed by atoms with Crippen molar-refractivity contribution in [2.75, 3.05) is 6.54 Å². The third-order valence-corrected chi connectivity index (χ3v) is 5.48. The van der Waals surface area contributed by atoms with Crippen LogP contribution in [0.3, 0.4) is 0 Å². The molecule has 1 fully saturated rings. The molecule has 0 spiro atoms. The Morgan fingerprint density at radius 2 is 1.97 bits per heavy atom. The molecule has 1 aliphatic heterocycles. The van der Waals surface area contributed by atoms with Gasteiger partial charge in [-0.3, -0.25) is 9.78 Å². The van der Waals surface area contributed by atoms with E-state index in [0.29, 0.717) is 35.2 Å². The standard InChI is InChI=1S/C22H21N7O2/c1-14-7-8-17(29-24-10-11-25-29)16(13-14)22(30)28-12-4-6-18(28)21-26-20(27-31-21)19-15(2)5-3-9-23-19/h3,5,7-11,13,18H,4,6,12H2,1-2H3/t18-/m0/s1. The molecule has 0 N–H and O–H groups in total. The Balaban J connectivity index is 1.48. The molecule has 0 aliphatic carbocycles. The molecule has 1 atom stereocenters.